The van der Waals surface area contributed by atoms with Gasteiger partial charge < -0.3 is 25.4 Å². The minimum atomic E-state index is -1.49. The van der Waals surface area contributed by atoms with Crippen LogP contribution in [0, 0.1) is 0 Å². The molecule has 7 nitrogen and oxygen atoms in total. The van der Waals surface area contributed by atoms with Gasteiger partial charge in [0, 0.05) is 5.38 Å². The van der Waals surface area contributed by atoms with Crippen LogP contribution >= 0.6 is 11.3 Å². The van der Waals surface area contributed by atoms with Gasteiger partial charge in [-0.3, -0.25) is 0 Å². The van der Waals surface area contributed by atoms with E-state index in [0.717, 1.165) is 0 Å². The Morgan fingerprint density at radius 1 is 1.28 bits per heavy atom. The van der Waals surface area contributed by atoms with Gasteiger partial charge in [0.05, 0.1) is 24.0 Å². The second-order valence-electron chi connectivity index (χ2n) is 3.75. The summed E-state index contributed by atoms with van der Waals surface area (Å²) in [6, 6.07) is 0. The molecule has 2 aromatic rings. The predicted octanol–water partition coefficient (Wildman–Crippen LogP) is -0.719. The van der Waals surface area contributed by atoms with Gasteiger partial charge >= 0.3 is 0 Å². The molecule has 0 aliphatic heterocycles. The van der Waals surface area contributed by atoms with E-state index in [4.69, 9.17) is 5.11 Å². The summed E-state index contributed by atoms with van der Waals surface area (Å²) in [4.78, 5) is 10.9. The Morgan fingerprint density at radius 2 is 2.06 bits per heavy atom. The minimum absolute atomic E-state index is 0.248. The van der Waals surface area contributed by atoms with Crippen molar-refractivity contribution in [1.82, 2.24) is 15.0 Å². The maximum atomic E-state index is 9.79. The number of aromatic nitrogens is 3. The van der Waals surface area contributed by atoms with E-state index in [1.165, 1.54) is 17.5 Å². The van der Waals surface area contributed by atoms with Gasteiger partial charge in [-0.15, -0.1) is 11.3 Å². The number of thiazole rings is 1. The maximum absolute atomic E-state index is 9.79. The van der Waals surface area contributed by atoms with Crippen molar-refractivity contribution in [2.45, 2.75) is 18.3 Å². The summed E-state index contributed by atoms with van der Waals surface area (Å²) in [5, 5.41) is 39.1. The first-order valence-corrected chi connectivity index (χ1v) is 6.16. The lowest BCUT2D eigenvalue weighted by Gasteiger charge is -2.20. The summed E-state index contributed by atoms with van der Waals surface area (Å²) in [5.74, 6) is 0.469. The number of nitrogens with one attached hydrogen (secondary N) is 1. The van der Waals surface area contributed by atoms with Gasteiger partial charge in [0.15, 0.2) is 5.82 Å². The first-order chi connectivity index (χ1) is 8.63. The zero-order chi connectivity index (χ0) is 13.1. The molecule has 0 amide bonds. The van der Waals surface area contributed by atoms with E-state index in [1.54, 1.807) is 10.9 Å². The smallest absolute Gasteiger partial charge is 0.157 e. The number of aliphatic hydroxyl groups excluding tert-OH is 4. The zero-order valence-corrected chi connectivity index (χ0v) is 10.1. The van der Waals surface area contributed by atoms with Crippen molar-refractivity contribution in [3.8, 4) is 11.5 Å². The molecule has 0 radical (unpaired) electrons. The predicted molar refractivity (Wildman–Crippen MR) is 63.8 cm³/mol. The van der Waals surface area contributed by atoms with Crippen LogP contribution in [0.1, 0.15) is 11.8 Å². The van der Waals surface area contributed by atoms with Crippen molar-refractivity contribution in [3.05, 3.63) is 22.8 Å². The number of hydrogen-bond acceptors (Lipinski definition) is 7. The lowest BCUT2D eigenvalue weighted by Crippen LogP contribution is -2.34. The fourth-order valence-electron chi connectivity index (χ4n) is 1.45. The van der Waals surface area contributed by atoms with Crippen LogP contribution in [0.25, 0.3) is 11.5 Å². The molecule has 2 heterocycles. The van der Waals surface area contributed by atoms with Crippen molar-refractivity contribution >= 4 is 11.3 Å². The Kier molecular flexibility index (Phi) is 4.04. The highest BCUT2D eigenvalue weighted by Crippen LogP contribution is 2.21. The monoisotopic (exact) mass is 271 g/mol. The van der Waals surface area contributed by atoms with Crippen molar-refractivity contribution in [1.29, 1.82) is 0 Å². The first-order valence-electron chi connectivity index (χ1n) is 5.22. The molecular formula is C10H13N3O4S. The Balaban J connectivity index is 2.15. The molecule has 98 valence electrons. The van der Waals surface area contributed by atoms with E-state index in [1.807, 2.05) is 0 Å². The molecule has 18 heavy (non-hydrogen) atoms. The molecule has 0 saturated heterocycles. The van der Waals surface area contributed by atoms with Crippen LogP contribution in [0.2, 0.25) is 0 Å². The Bertz CT molecular complexity index is 487. The number of aromatic amines is 1. The summed E-state index contributed by atoms with van der Waals surface area (Å²) in [5.41, 5.74) is 2.53. The van der Waals surface area contributed by atoms with Crippen LogP contribution in [0.3, 0.4) is 0 Å². The van der Waals surface area contributed by atoms with Gasteiger partial charge in [-0.1, -0.05) is 0 Å². The van der Waals surface area contributed by atoms with Crippen LogP contribution in [-0.2, 0) is 0 Å². The molecule has 0 saturated carbocycles. The molecule has 0 unspecified atom stereocenters. The van der Waals surface area contributed by atoms with Gasteiger partial charge in [0.25, 0.3) is 0 Å². The summed E-state index contributed by atoms with van der Waals surface area (Å²) in [7, 11) is 0. The molecule has 0 aliphatic carbocycles. The molecule has 0 fully saturated rings. The van der Waals surface area contributed by atoms with Gasteiger partial charge in [-0.05, 0) is 0 Å². The lowest BCUT2D eigenvalue weighted by atomic mass is 10.1. The Morgan fingerprint density at radius 3 is 2.67 bits per heavy atom. The van der Waals surface area contributed by atoms with Gasteiger partial charge in [0.1, 0.15) is 24.0 Å². The average Bonchev–Trinajstić information content (AvgIpc) is 3.05. The highest BCUT2D eigenvalue weighted by molar-refractivity contribution is 7.07. The molecule has 3 atom stereocenters. The highest BCUT2D eigenvalue weighted by atomic mass is 32.1. The number of hydrogen-bond donors (Lipinski definition) is 5. The van der Waals surface area contributed by atoms with Crippen molar-refractivity contribution < 1.29 is 20.4 Å². The van der Waals surface area contributed by atoms with Crippen LogP contribution in [0.5, 0.6) is 0 Å². The van der Waals surface area contributed by atoms with Gasteiger partial charge in [-0.2, -0.15) is 0 Å². The molecule has 2 aromatic heterocycles. The molecule has 5 N–H and O–H groups in total. The standard InChI is InChI=1S/C10H13N3O4S/c14-2-7(15)9(17)8(16)5-1-11-10(13-5)6-3-18-4-12-6/h1,3-4,7-9,14-17H,2H2,(H,11,13)/t7-,8-,9-/m1/s1. The second-order valence-corrected chi connectivity index (χ2v) is 4.46. The third-order valence-corrected chi connectivity index (χ3v) is 3.08. The number of imidazole rings is 1. The zero-order valence-electron chi connectivity index (χ0n) is 9.26. The Labute approximate surface area is 106 Å². The van der Waals surface area contributed by atoms with E-state index in [-0.39, 0.29) is 5.69 Å². The average molecular weight is 271 g/mol. The largest absolute Gasteiger partial charge is 0.394 e. The number of rotatable bonds is 5. The van der Waals surface area contributed by atoms with Crippen molar-refractivity contribution in [2.75, 3.05) is 6.61 Å². The molecule has 0 bridgehead atoms. The number of nitrogens with zero attached hydrogens (tertiary/aromatic N) is 2. The molecule has 0 spiro atoms. The van der Waals surface area contributed by atoms with Crippen LogP contribution in [-0.4, -0.2) is 54.2 Å². The SMILES string of the molecule is OC[C@@H](O)[C@@H](O)[C@H](O)c1cnc(-c2cscn2)[nH]1. The van der Waals surface area contributed by atoms with Crippen LogP contribution in [0.4, 0.5) is 0 Å². The lowest BCUT2D eigenvalue weighted by molar-refractivity contribution is -0.0788. The Hall–Kier alpha value is -1.32. The molecule has 8 heteroatoms. The maximum Gasteiger partial charge on any atom is 0.157 e. The minimum Gasteiger partial charge on any atom is -0.394 e. The van der Waals surface area contributed by atoms with Crippen LogP contribution < -0.4 is 0 Å². The fourth-order valence-corrected chi connectivity index (χ4v) is 1.98. The summed E-state index contributed by atoms with van der Waals surface area (Å²) in [6.07, 6.45) is -2.90. The quantitative estimate of drug-likeness (QED) is 0.489. The second kappa shape index (κ2) is 5.55. The van der Waals surface area contributed by atoms with Gasteiger partial charge in [-0.25, -0.2) is 9.97 Å². The van der Waals surface area contributed by atoms with E-state index in [9.17, 15) is 15.3 Å². The summed E-state index contributed by atoms with van der Waals surface area (Å²) >= 11 is 1.41. The topological polar surface area (TPSA) is 122 Å². The highest BCUT2D eigenvalue weighted by Gasteiger charge is 2.27. The van der Waals surface area contributed by atoms with Crippen molar-refractivity contribution in [2.24, 2.45) is 0 Å². The van der Waals surface area contributed by atoms with Gasteiger partial charge in [0.2, 0.25) is 0 Å². The van der Waals surface area contributed by atoms with E-state index in [0.29, 0.717) is 11.5 Å². The molecule has 0 aromatic carbocycles. The first kappa shape index (κ1) is 13.1. The summed E-state index contributed by atoms with van der Waals surface area (Å²) in [6.45, 7) is -0.634. The summed E-state index contributed by atoms with van der Waals surface area (Å²) < 4.78 is 0. The normalized spacial score (nSPS) is 16.4. The number of H-pyrrole nitrogens is 1. The third kappa shape index (κ3) is 2.57. The van der Waals surface area contributed by atoms with Crippen LogP contribution in [0.15, 0.2) is 17.1 Å². The molecule has 2 rings (SSSR count). The number of aliphatic hydroxyl groups is 4. The third-order valence-electron chi connectivity index (χ3n) is 2.49. The van der Waals surface area contributed by atoms with E-state index < -0.39 is 24.9 Å². The molecule has 0 aliphatic rings. The van der Waals surface area contributed by atoms with Crippen molar-refractivity contribution in [3.63, 3.8) is 0 Å². The molecular weight excluding hydrogens is 258 g/mol. The fraction of sp³-hybridized carbons (Fsp3) is 0.400. The van der Waals surface area contributed by atoms with E-state index in [2.05, 4.69) is 15.0 Å². The van der Waals surface area contributed by atoms with E-state index >= 15 is 0 Å².